The van der Waals surface area contributed by atoms with Crippen molar-refractivity contribution in [2.24, 2.45) is 11.8 Å². The van der Waals surface area contributed by atoms with Crippen LogP contribution in [0.4, 0.5) is 17.6 Å². The number of hydrogen-bond acceptors (Lipinski definition) is 1. The van der Waals surface area contributed by atoms with Gasteiger partial charge in [-0.1, -0.05) is 12.5 Å². The summed E-state index contributed by atoms with van der Waals surface area (Å²) in [4.78, 5) is 0. The molecule has 84 valence electrons. The predicted molar refractivity (Wildman–Crippen MR) is 40.5 cm³/mol. The first-order valence-corrected chi connectivity index (χ1v) is 4.66. The molecule has 0 aromatic rings. The maximum atomic E-state index is 13.9. The summed E-state index contributed by atoms with van der Waals surface area (Å²) in [6.45, 7) is 0. The summed E-state index contributed by atoms with van der Waals surface area (Å²) in [5.41, 5.74) is -2.50. The first kappa shape index (κ1) is 11.8. The smallest absolute Gasteiger partial charge is 0.297 e. The van der Waals surface area contributed by atoms with Gasteiger partial charge in [0.15, 0.2) is 0 Å². The summed E-state index contributed by atoms with van der Waals surface area (Å²) in [6, 6.07) is 0. The summed E-state index contributed by atoms with van der Waals surface area (Å²) in [5.74, 6) is -0.608. The number of fused-ring (bicyclic) bond motifs is 2. The topological polar surface area (TPSA) is 20.2 Å². The second-order valence-corrected chi connectivity index (χ2v) is 4.29. The number of aliphatic hydroxyl groups is 1. The van der Waals surface area contributed by atoms with Crippen molar-refractivity contribution in [3.05, 3.63) is 6.10 Å². The second-order valence-electron chi connectivity index (χ2n) is 4.29. The zero-order chi connectivity index (χ0) is 10.6. The monoisotopic (exact) mass is 478 g/mol. The largest absolute Gasteiger partial charge is 0.551 e. The van der Waals surface area contributed by atoms with Gasteiger partial charge < -0.3 is 5.11 Å². The SMILES string of the molecule is O[C-](C(F)(F)F)C1(F)CC2CCC1C2.[Rf]. The Bertz CT molecular complexity index is 245. The summed E-state index contributed by atoms with van der Waals surface area (Å²) in [5, 5.41) is 8.88. The van der Waals surface area contributed by atoms with Crippen LogP contribution >= 0.6 is 0 Å². The minimum Gasteiger partial charge on any atom is -0.551 e. The number of hydrogen-bond donors (Lipinski definition) is 1. The van der Waals surface area contributed by atoms with Crippen LogP contribution in [0.2, 0.25) is 0 Å². The van der Waals surface area contributed by atoms with E-state index in [-0.39, 0.29) is 12.3 Å². The minimum atomic E-state index is -4.92. The molecule has 0 aliphatic heterocycles. The molecule has 0 heterocycles. The predicted octanol–water partition coefficient (Wildman–Crippen LogP) is 2.98. The normalized spacial score (nSPS) is 39.6. The van der Waals surface area contributed by atoms with Crippen molar-refractivity contribution in [1.29, 1.82) is 0 Å². The first-order chi connectivity index (χ1) is 6.34. The number of aliphatic hydroxyl groups excluding tert-OH is 1. The van der Waals surface area contributed by atoms with E-state index in [1.807, 2.05) is 0 Å². The van der Waals surface area contributed by atoms with Gasteiger partial charge in [-0.05, 0) is 31.1 Å². The van der Waals surface area contributed by atoms with Gasteiger partial charge in [-0.3, -0.25) is 4.39 Å². The van der Waals surface area contributed by atoms with Crippen molar-refractivity contribution in [2.45, 2.75) is 37.5 Å². The van der Waals surface area contributed by atoms with Gasteiger partial charge in [-0.2, -0.15) is 0 Å². The average Bonchev–Trinajstić information content (AvgIpc) is 2.60. The van der Waals surface area contributed by atoms with Crippen LogP contribution in [0.15, 0.2) is 0 Å². The Labute approximate surface area is 79.1 Å². The molecule has 3 atom stereocenters. The van der Waals surface area contributed by atoms with E-state index < -0.39 is 23.9 Å². The van der Waals surface area contributed by atoms with Gasteiger partial charge in [-0.25, -0.2) is 13.2 Å². The number of rotatable bonds is 1. The van der Waals surface area contributed by atoms with Crippen LogP contribution < -0.4 is 0 Å². The maximum absolute atomic E-state index is 13.9. The Hall–Kier alpha value is -1.32. The molecule has 2 saturated carbocycles. The van der Waals surface area contributed by atoms with E-state index >= 15 is 0 Å². The van der Waals surface area contributed by atoms with Crippen LogP contribution in [-0.4, -0.2) is 17.0 Å². The van der Waals surface area contributed by atoms with Crippen LogP contribution in [0.25, 0.3) is 0 Å². The van der Waals surface area contributed by atoms with Gasteiger partial charge >= 0.3 is 0 Å². The van der Waals surface area contributed by atoms with E-state index in [9.17, 15) is 17.6 Å². The summed E-state index contributed by atoms with van der Waals surface area (Å²) in [7, 11) is 0. The molecule has 1 nitrogen and oxygen atoms in total. The van der Waals surface area contributed by atoms with Crippen LogP contribution in [-0.2, 0) is 0 Å². The van der Waals surface area contributed by atoms with Crippen LogP contribution in [0.1, 0.15) is 25.7 Å². The minimum absolute atomic E-state index is 0. The molecule has 0 aromatic heterocycles. The van der Waals surface area contributed by atoms with Crippen molar-refractivity contribution in [1.82, 2.24) is 0 Å². The standard InChI is InChI=1S/C9H11F4O.Rf/c10-8(7(14)9(11,12)13)4-5-1-2-6(8)3-5;/h5-6,14H,1-4H2;/q-1;. The zero-order valence-electron chi connectivity index (χ0n) is 8.15. The molecule has 1 N–H and O–H groups in total. The molecule has 6 heteroatoms. The van der Waals surface area contributed by atoms with E-state index in [0.717, 1.165) is 6.42 Å². The van der Waals surface area contributed by atoms with Gasteiger partial charge in [-0.15, -0.1) is 0 Å². The maximum Gasteiger partial charge on any atom is 0.297 e. The van der Waals surface area contributed by atoms with Gasteiger partial charge in [0.1, 0.15) is 0 Å². The molecule has 2 aliphatic rings. The summed E-state index contributed by atoms with van der Waals surface area (Å²) >= 11 is 0. The Kier molecular flexibility index (Phi) is 2.42. The fourth-order valence-electron chi connectivity index (χ4n) is 2.79. The van der Waals surface area contributed by atoms with Crippen molar-refractivity contribution in [3.63, 3.8) is 0 Å². The Morgan fingerprint density at radius 3 is 2.20 bits per heavy atom. The molecule has 2 aliphatic carbocycles. The Balaban J connectivity index is 0.00000112. The van der Waals surface area contributed by atoms with Gasteiger partial charge in [0.05, 0.1) is 0 Å². The van der Waals surface area contributed by atoms with E-state index in [2.05, 4.69) is 0 Å². The Morgan fingerprint density at radius 2 is 1.87 bits per heavy atom. The second kappa shape index (κ2) is 3.08. The average molecular weight is 478 g/mol. The Morgan fingerprint density at radius 1 is 1.27 bits per heavy atom. The van der Waals surface area contributed by atoms with Crippen molar-refractivity contribution < 1.29 is 22.7 Å². The van der Waals surface area contributed by atoms with Gasteiger partial charge in [0.2, 0.25) is 0 Å². The molecule has 15 heavy (non-hydrogen) atoms. The van der Waals surface area contributed by atoms with Crippen molar-refractivity contribution >= 4 is 0 Å². The molecule has 2 rings (SSSR count). The quantitative estimate of drug-likeness (QED) is 0.454. The molecule has 2 fully saturated rings. The molecule has 0 saturated heterocycles. The van der Waals surface area contributed by atoms with Crippen LogP contribution in [0.3, 0.4) is 0 Å². The molecule has 3 unspecified atom stereocenters. The van der Waals surface area contributed by atoms with E-state index in [1.165, 1.54) is 0 Å². The van der Waals surface area contributed by atoms with Crippen LogP contribution in [0, 0.1) is 17.9 Å². The van der Waals surface area contributed by atoms with Gasteiger partial charge in [0.25, 0.3) is 6.18 Å². The first-order valence-electron chi connectivity index (χ1n) is 4.66. The van der Waals surface area contributed by atoms with E-state index in [0.29, 0.717) is 12.8 Å². The van der Waals surface area contributed by atoms with Crippen LogP contribution in [0.5, 0.6) is 0 Å². The van der Waals surface area contributed by atoms with Crippen molar-refractivity contribution in [3.8, 4) is 0 Å². The third-order valence-electron chi connectivity index (χ3n) is 3.44. The van der Waals surface area contributed by atoms with Crippen molar-refractivity contribution in [2.75, 3.05) is 0 Å². The summed E-state index contributed by atoms with van der Waals surface area (Å²) in [6.07, 6.45) is -5.26. The van der Waals surface area contributed by atoms with Gasteiger partial charge in [0, 0.05) is 5.67 Å². The third kappa shape index (κ3) is 1.54. The zero-order valence-corrected chi connectivity index (χ0v) is 14.5. The fourth-order valence-corrected chi connectivity index (χ4v) is 2.79. The molecule has 2 bridgehead atoms. The molecular weight excluding hydrogens is 467 g/mol. The molecule has 0 spiro atoms. The third-order valence-corrected chi connectivity index (χ3v) is 3.44. The van der Waals surface area contributed by atoms with E-state index in [1.54, 1.807) is 0 Å². The molecule has 0 radical (unpaired) electrons. The molecular formula is C9H11F4ORf-. The van der Waals surface area contributed by atoms with E-state index in [4.69, 9.17) is 5.11 Å². The molecule has 0 amide bonds. The fraction of sp³-hybridized carbons (Fsp3) is 0.889. The number of halogens is 4. The molecule has 0 aromatic carbocycles. The number of alkyl halides is 4. The summed E-state index contributed by atoms with van der Waals surface area (Å²) < 4.78 is 50.3.